The normalized spacial score (nSPS) is 12.0. The first-order chi connectivity index (χ1) is 10.3. The molecule has 0 saturated heterocycles. The van der Waals surface area contributed by atoms with Gasteiger partial charge < -0.3 is 0 Å². The zero-order chi connectivity index (χ0) is 14.0. The molecule has 0 unspecified atom stereocenters. The highest BCUT2D eigenvalue weighted by molar-refractivity contribution is 9.10. The molecule has 21 heavy (non-hydrogen) atoms. The zero-order valence-corrected chi connectivity index (χ0v) is 12.7. The van der Waals surface area contributed by atoms with Crippen LogP contribution in [0.3, 0.4) is 0 Å². The third-order valence-corrected chi connectivity index (χ3v) is 4.99. The maximum atomic E-state index is 4.60. The fraction of sp³-hybridized carbons (Fsp3) is 0. The molecular weight excluding hydrogens is 322 g/mol. The van der Waals surface area contributed by atoms with E-state index < -0.39 is 0 Å². The van der Waals surface area contributed by atoms with Crippen molar-refractivity contribution in [1.82, 2.24) is 4.98 Å². The van der Waals surface area contributed by atoms with E-state index in [0.29, 0.717) is 0 Å². The van der Waals surface area contributed by atoms with Crippen LogP contribution in [0.2, 0.25) is 0 Å². The van der Waals surface area contributed by atoms with Gasteiger partial charge in [-0.3, -0.25) is 4.98 Å². The minimum absolute atomic E-state index is 1.08. The molecule has 1 heterocycles. The quantitative estimate of drug-likeness (QED) is 0.254. The maximum absolute atomic E-state index is 4.60. The van der Waals surface area contributed by atoms with Gasteiger partial charge in [0, 0.05) is 21.4 Å². The minimum Gasteiger partial charge on any atom is -0.256 e. The molecule has 98 valence electrons. The second-order valence-electron chi connectivity index (χ2n) is 5.42. The summed E-state index contributed by atoms with van der Waals surface area (Å²) in [7, 11) is 0. The molecule has 0 N–H and O–H groups in total. The van der Waals surface area contributed by atoms with Crippen LogP contribution in [0.1, 0.15) is 0 Å². The monoisotopic (exact) mass is 331 g/mol. The second kappa shape index (κ2) is 3.92. The largest absolute Gasteiger partial charge is 0.256 e. The number of aromatic nitrogens is 1. The SMILES string of the molecule is Brc1ccc2ccc3cc4cccnc4c4ccc1c2c34. The summed E-state index contributed by atoms with van der Waals surface area (Å²) in [6, 6.07) is 19.5. The Morgan fingerprint density at radius 2 is 1.48 bits per heavy atom. The van der Waals surface area contributed by atoms with Gasteiger partial charge in [0.05, 0.1) is 5.52 Å². The first-order valence-corrected chi connectivity index (χ1v) is 7.73. The molecule has 0 aliphatic rings. The van der Waals surface area contributed by atoms with E-state index >= 15 is 0 Å². The number of benzene rings is 4. The van der Waals surface area contributed by atoms with Gasteiger partial charge in [-0.2, -0.15) is 0 Å². The molecule has 0 atom stereocenters. The highest BCUT2D eigenvalue weighted by Crippen LogP contribution is 2.39. The Morgan fingerprint density at radius 1 is 0.714 bits per heavy atom. The van der Waals surface area contributed by atoms with Gasteiger partial charge in [-0.05, 0) is 45.1 Å². The van der Waals surface area contributed by atoms with Crippen molar-refractivity contribution in [1.29, 1.82) is 0 Å². The van der Waals surface area contributed by atoms with E-state index in [4.69, 9.17) is 0 Å². The molecule has 1 nitrogen and oxygen atoms in total. The third kappa shape index (κ3) is 1.43. The molecule has 0 saturated carbocycles. The summed E-state index contributed by atoms with van der Waals surface area (Å²) >= 11 is 3.68. The lowest BCUT2D eigenvalue weighted by Gasteiger charge is -2.13. The summed E-state index contributed by atoms with van der Waals surface area (Å²) in [6.07, 6.45) is 1.87. The van der Waals surface area contributed by atoms with Crippen LogP contribution >= 0.6 is 15.9 Å². The van der Waals surface area contributed by atoms with Crippen LogP contribution in [0.5, 0.6) is 0 Å². The predicted molar refractivity (Wildman–Crippen MR) is 93.1 cm³/mol. The van der Waals surface area contributed by atoms with E-state index in [1.54, 1.807) is 0 Å². The number of rotatable bonds is 0. The Bertz CT molecular complexity index is 1140. The molecule has 0 bridgehead atoms. The molecule has 2 heteroatoms. The topological polar surface area (TPSA) is 12.9 Å². The molecular formula is C19H10BrN. The standard InChI is InChI=1S/C19H10BrN/c20-16-8-5-11-3-4-12-10-13-2-1-9-21-19(13)15-7-6-14(16)17(11)18(12)15/h1-10H. The molecule has 0 fully saturated rings. The van der Waals surface area contributed by atoms with Gasteiger partial charge in [-0.25, -0.2) is 0 Å². The fourth-order valence-corrected chi connectivity index (χ4v) is 3.85. The van der Waals surface area contributed by atoms with E-state index in [-0.39, 0.29) is 0 Å². The lowest BCUT2D eigenvalue weighted by atomic mass is 9.93. The van der Waals surface area contributed by atoms with Crippen molar-refractivity contribution in [2.24, 2.45) is 0 Å². The minimum atomic E-state index is 1.08. The second-order valence-corrected chi connectivity index (χ2v) is 6.28. The van der Waals surface area contributed by atoms with Crippen LogP contribution in [0.15, 0.2) is 65.3 Å². The smallest absolute Gasteiger partial charge is 0.0780 e. The van der Waals surface area contributed by atoms with Crippen molar-refractivity contribution in [2.45, 2.75) is 0 Å². The molecule has 4 aromatic carbocycles. The van der Waals surface area contributed by atoms with Crippen LogP contribution in [0, 0.1) is 0 Å². The molecule has 0 amide bonds. The molecule has 5 aromatic rings. The van der Waals surface area contributed by atoms with E-state index in [1.807, 2.05) is 12.3 Å². The summed E-state index contributed by atoms with van der Waals surface area (Å²) in [5, 5.41) is 8.90. The number of pyridine rings is 1. The number of fused-ring (bicyclic) bond motifs is 2. The van der Waals surface area contributed by atoms with Crippen LogP contribution in [-0.4, -0.2) is 4.98 Å². The molecule has 5 rings (SSSR count). The van der Waals surface area contributed by atoms with E-state index in [1.165, 1.54) is 37.7 Å². The number of hydrogen-bond donors (Lipinski definition) is 0. The van der Waals surface area contributed by atoms with Gasteiger partial charge in [0.15, 0.2) is 0 Å². The Hall–Kier alpha value is -2.19. The summed E-state index contributed by atoms with van der Waals surface area (Å²) in [4.78, 5) is 4.60. The van der Waals surface area contributed by atoms with Crippen molar-refractivity contribution >= 4 is 59.2 Å². The van der Waals surface area contributed by atoms with Crippen LogP contribution in [0.4, 0.5) is 0 Å². The van der Waals surface area contributed by atoms with Gasteiger partial charge in [0.25, 0.3) is 0 Å². The fourth-order valence-electron chi connectivity index (χ4n) is 3.38. The zero-order valence-electron chi connectivity index (χ0n) is 11.1. The highest BCUT2D eigenvalue weighted by Gasteiger charge is 2.12. The number of hydrogen-bond acceptors (Lipinski definition) is 1. The Kier molecular flexibility index (Phi) is 2.14. The number of halogens is 1. The molecule has 0 aliphatic carbocycles. The average Bonchev–Trinajstić information content (AvgIpc) is 2.54. The average molecular weight is 332 g/mol. The molecule has 0 radical (unpaired) electrons. The molecule has 1 aromatic heterocycles. The Balaban J connectivity index is 2.21. The van der Waals surface area contributed by atoms with E-state index in [9.17, 15) is 0 Å². The van der Waals surface area contributed by atoms with Gasteiger partial charge in [0.1, 0.15) is 0 Å². The van der Waals surface area contributed by atoms with Crippen molar-refractivity contribution < 1.29 is 0 Å². The highest BCUT2D eigenvalue weighted by atomic mass is 79.9. The maximum Gasteiger partial charge on any atom is 0.0780 e. The molecule has 0 spiro atoms. The summed E-state index contributed by atoms with van der Waals surface area (Å²) in [5.74, 6) is 0. The van der Waals surface area contributed by atoms with Gasteiger partial charge in [0.2, 0.25) is 0 Å². The van der Waals surface area contributed by atoms with Crippen LogP contribution < -0.4 is 0 Å². The third-order valence-electron chi connectivity index (χ3n) is 4.30. The summed E-state index contributed by atoms with van der Waals surface area (Å²) < 4.78 is 1.14. The van der Waals surface area contributed by atoms with Crippen LogP contribution in [0.25, 0.3) is 43.2 Å². The lowest BCUT2D eigenvalue weighted by molar-refractivity contribution is 1.43. The van der Waals surface area contributed by atoms with Gasteiger partial charge >= 0.3 is 0 Å². The first-order valence-electron chi connectivity index (χ1n) is 6.94. The van der Waals surface area contributed by atoms with E-state index in [2.05, 4.69) is 69.4 Å². The summed E-state index contributed by atoms with van der Waals surface area (Å²) in [5.41, 5.74) is 1.08. The van der Waals surface area contributed by atoms with Gasteiger partial charge in [-0.15, -0.1) is 0 Å². The lowest BCUT2D eigenvalue weighted by Crippen LogP contribution is -1.87. The van der Waals surface area contributed by atoms with Crippen molar-refractivity contribution in [3.8, 4) is 0 Å². The van der Waals surface area contributed by atoms with Crippen molar-refractivity contribution in [3.63, 3.8) is 0 Å². The number of nitrogens with zero attached hydrogens (tertiary/aromatic N) is 1. The van der Waals surface area contributed by atoms with Crippen molar-refractivity contribution in [3.05, 3.63) is 65.3 Å². The summed E-state index contributed by atoms with van der Waals surface area (Å²) in [6.45, 7) is 0. The first kappa shape index (κ1) is 11.5. The van der Waals surface area contributed by atoms with E-state index in [0.717, 1.165) is 9.99 Å². The van der Waals surface area contributed by atoms with Crippen LogP contribution in [-0.2, 0) is 0 Å². The van der Waals surface area contributed by atoms with Crippen molar-refractivity contribution in [2.75, 3.05) is 0 Å². The molecule has 0 aliphatic heterocycles. The Labute approximate surface area is 129 Å². The Morgan fingerprint density at radius 3 is 2.43 bits per heavy atom. The predicted octanol–water partition coefficient (Wildman–Crippen LogP) is 5.89. The van der Waals surface area contributed by atoms with Gasteiger partial charge in [-0.1, -0.05) is 52.3 Å².